The van der Waals surface area contributed by atoms with Crippen LogP contribution in [0.4, 0.5) is 13.2 Å². The minimum atomic E-state index is -4.55. The largest absolute Gasteiger partial charge is 0.490 e. The molecular formula is C17H25F3N2O3. The molecule has 0 fully saturated rings. The first-order valence-electron chi connectivity index (χ1n) is 8.00. The standard InChI is InChI=1S/C17H25F3N2O3/c1-4-9-16(2,21)15(24)22(3)10-12(23)11-25-14-8-6-5-7-13(14)17(18,19)20/h5-8,12,23H,4,9-11,21H2,1-3H3. The molecule has 142 valence electrons. The van der Waals surface area contributed by atoms with Crippen molar-refractivity contribution in [3.05, 3.63) is 29.8 Å². The molecule has 5 nitrogen and oxygen atoms in total. The lowest BCUT2D eigenvalue weighted by atomic mass is 9.96. The van der Waals surface area contributed by atoms with E-state index in [2.05, 4.69) is 0 Å². The van der Waals surface area contributed by atoms with Crippen molar-refractivity contribution < 1.29 is 27.8 Å². The van der Waals surface area contributed by atoms with E-state index in [1.807, 2.05) is 6.92 Å². The summed E-state index contributed by atoms with van der Waals surface area (Å²) in [6.07, 6.45) is -4.48. The van der Waals surface area contributed by atoms with Crippen LogP contribution in [0.1, 0.15) is 32.3 Å². The minimum absolute atomic E-state index is 0.0937. The van der Waals surface area contributed by atoms with E-state index < -0.39 is 23.4 Å². The quantitative estimate of drug-likeness (QED) is 0.745. The third kappa shape index (κ3) is 6.21. The number of halogens is 3. The van der Waals surface area contributed by atoms with Gasteiger partial charge in [0.15, 0.2) is 0 Å². The number of carbonyl (C=O) groups is 1. The fourth-order valence-electron chi connectivity index (χ4n) is 2.53. The predicted molar refractivity (Wildman–Crippen MR) is 88.1 cm³/mol. The molecule has 0 radical (unpaired) electrons. The maximum Gasteiger partial charge on any atom is 0.419 e. The number of nitrogens with zero attached hydrogens (tertiary/aromatic N) is 1. The Balaban J connectivity index is 2.64. The monoisotopic (exact) mass is 362 g/mol. The molecule has 1 aromatic carbocycles. The van der Waals surface area contributed by atoms with Gasteiger partial charge in [-0.25, -0.2) is 0 Å². The van der Waals surface area contributed by atoms with E-state index >= 15 is 0 Å². The Morgan fingerprint density at radius 2 is 1.96 bits per heavy atom. The van der Waals surface area contributed by atoms with Crippen molar-refractivity contribution in [3.63, 3.8) is 0 Å². The van der Waals surface area contributed by atoms with Gasteiger partial charge in [0.2, 0.25) is 5.91 Å². The average Bonchev–Trinajstić information content (AvgIpc) is 2.51. The van der Waals surface area contributed by atoms with E-state index in [9.17, 15) is 23.1 Å². The van der Waals surface area contributed by atoms with Crippen molar-refractivity contribution >= 4 is 5.91 Å². The first-order valence-corrected chi connectivity index (χ1v) is 8.00. The molecule has 0 spiro atoms. The van der Waals surface area contributed by atoms with Crippen LogP contribution >= 0.6 is 0 Å². The number of para-hydroxylation sites is 1. The van der Waals surface area contributed by atoms with Gasteiger partial charge in [-0.2, -0.15) is 13.2 Å². The van der Waals surface area contributed by atoms with Crippen LogP contribution < -0.4 is 10.5 Å². The minimum Gasteiger partial charge on any atom is -0.490 e. The highest BCUT2D eigenvalue weighted by atomic mass is 19.4. The molecule has 0 saturated carbocycles. The Labute approximate surface area is 145 Å². The summed E-state index contributed by atoms with van der Waals surface area (Å²) in [4.78, 5) is 13.5. The van der Waals surface area contributed by atoms with E-state index in [0.717, 1.165) is 12.5 Å². The van der Waals surface area contributed by atoms with Crippen molar-refractivity contribution in [2.45, 2.75) is 44.5 Å². The summed E-state index contributed by atoms with van der Waals surface area (Å²) < 4.78 is 43.7. The highest BCUT2D eigenvalue weighted by Crippen LogP contribution is 2.35. The molecule has 2 atom stereocenters. The van der Waals surface area contributed by atoms with E-state index in [0.29, 0.717) is 6.42 Å². The van der Waals surface area contributed by atoms with Crippen molar-refractivity contribution in [2.24, 2.45) is 5.73 Å². The zero-order chi connectivity index (χ0) is 19.3. The number of amides is 1. The number of benzene rings is 1. The second-order valence-electron chi connectivity index (χ2n) is 6.31. The van der Waals surface area contributed by atoms with Gasteiger partial charge >= 0.3 is 6.18 Å². The van der Waals surface area contributed by atoms with Crippen LogP contribution in [0.3, 0.4) is 0 Å². The molecule has 0 saturated heterocycles. The average molecular weight is 362 g/mol. The maximum absolute atomic E-state index is 12.9. The molecule has 1 amide bonds. The molecule has 1 rings (SSSR count). The molecule has 0 aliphatic rings. The zero-order valence-electron chi connectivity index (χ0n) is 14.6. The highest BCUT2D eigenvalue weighted by Gasteiger charge is 2.34. The fourth-order valence-corrected chi connectivity index (χ4v) is 2.53. The molecule has 1 aromatic rings. The second-order valence-corrected chi connectivity index (χ2v) is 6.31. The smallest absolute Gasteiger partial charge is 0.419 e. The van der Waals surface area contributed by atoms with Gasteiger partial charge in [0, 0.05) is 13.6 Å². The van der Waals surface area contributed by atoms with Gasteiger partial charge in [-0.3, -0.25) is 4.79 Å². The van der Waals surface area contributed by atoms with E-state index in [4.69, 9.17) is 10.5 Å². The Kier molecular flexibility index (Phi) is 7.25. The molecule has 2 unspecified atom stereocenters. The molecular weight excluding hydrogens is 337 g/mol. The number of hydrogen-bond donors (Lipinski definition) is 2. The topological polar surface area (TPSA) is 75.8 Å². The Morgan fingerprint density at radius 1 is 1.36 bits per heavy atom. The van der Waals surface area contributed by atoms with Gasteiger partial charge < -0.3 is 20.5 Å². The van der Waals surface area contributed by atoms with Crippen LogP contribution in [-0.2, 0) is 11.0 Å². The predicted octanol–water partition coefficient (Wildman–Crippen LogP) is 2.42. The first kappa shape index (κ1) is 21.2. The summed E-state index contributed by atoms with van der Waals surface area (Å²) in [6.45, 7) is 3.04. The Morgan fingerprint density at radius 3 is 2.52 bits per heavy atom. The van der Waals surface area contributed by atoms with Gasteiger partial charge in [0.05, 0.1) is 11.1 Å². The molecule has 0 bridgehead atoms. The summed E-state index contributed by atoms with van der Waals surface area (Å²) in [5.74, 6) is -0.707. The van der Waals surface area contributed by atoms with Crippen LogP contribution in [0.5, 0.6) is 5.75 Å². The molecule has 8 heteroatoms. The number of aliphatic hydroxyl groups is 1. The number of hydrogen-bond acceptors (Lipinski definition) is 4. The lowest BCUT2D eigenvalue weighted by Gasteiger charge is -2.30. The van der Waals surface area contributed by atoms with Crippen molar-refractivity contribution in [3.8, 4) is 5.75 Å². The molecule has 3 N–H and O–H groups in total. The Bertz CT molecular complexity index is 577. The zero-order valence-corrected chi connectivity index (χ0v) is 14.6. The van der Waals surface area contributed by atoms with Gasteiger partial charge in [0.25, 0.3) is 0 Å². The van der Waals surface area contributed by atoms with Crippen LogP contribution in [0.15, 0.2) is 24.3 Å². The van der Waals surface area contributed by atoms with Gasteiger partial charge in [0.1, 0.15) is 18.5 Å². The van der Waals surface area contributed by atoms with Crippen LogP contribution in [-0.4, -0.2) is 47.8 Å². The van der Waals surface area contributed by atoms with Crippen LogP contribution in [0.2, 0.25) is 0 Å². The third-order valence-corrected chi connectivity index (χ3v) is 3.71. The number of aliphatic hydroxyl groups excluding tert-OH is 1. The number of rotatable bonds is 8. The van der Waals surface area contributed by atoms with Crippen LogP contribution in [0, 0.1) is 0 Å². The molecule has 0 heterocycles. The molecule has 0 aliphatic heterocycles. The summed E-state index contributed by atoms with van der Waals surface area (Å²) in [5, 5.41) is 9.98. The van der Waals surface area contributed by atoms with E-state index in [1.165, 1.54) is 30.1 Å². The molecule has 0 aromatic heterocycles. The summed E-state index contributed by atoms with van der Waals surface area (Å²) in [6, 6.07) is 4.76. The third-order valence-electron chi connectivity index (χ3n) is 3.71. The van der Waals surface area contributed by atoms with Gasteiger partial charge in [-0.05, 0) is 25.5 Å². The normalized spacial score (nSPS) is 15.4. The van der Waals surface area contributed by atoms with Crippen LogP contribution in [0.25, 0.3) is 0 Å². The lowest BCUT2D eigenvalue weighted by molar-refractivity contribution is -0.139. The van der Waals surface area contributed by atoms with Crippen molar-refractivity contribution in [1.29, 1.82) is 0 Å². The Hall–Kier alpha value is -1.80. The molecule has 25 heavy (non-hydrogen) atoms. The number of alkyl halides is 3. The second kappa shape index (κ2) is 8.53. The van der Waals surface area contributed by atoms with E-state index in [1.54, 1.807) is 6.92 Å². The number of likely N-dealkylation sites (N-methyl/N-ethyl adjacent to an activating group) is 1. The highest BCUT2D eigenvalue weighted by molar-refractivity contribution is 5.85. The SMILES string of the molecule is CCCC(C)(N)C(=O)N(C)CC(O)COc1ccccc1C(F)(F)F. The van der Waals surface area contributed by atoms with Gasteiger partial charge in [-0.15, -0.1) is 0 Å². The fraction of sp³-hybridized carbons (Fsp3) is 0.588. The van der Waals surface area contributed by atoms with Gasteiger partial charge in [-0.1, -0.05) is 25.5 Å². The first-order chi connectivity index (χ1) is 11.5. The van der Waals surface area contributed by atoms with E-state index in [-0.39, 0.29) is 24.8 Å². The number of carbonyl (C=O) groups excluding carboxylic acids is 1. The summed E-state index contributed by atoms with van der Waals surface area (Å²) in [7, 11) is 1.48. The summed E-state index contributed by atoms with van der Waals surface area (Å²) in [5.41, 5.74) is 3.99. The molecule has 0 aliphatic carbocycles. The lowest BCUT2D eigenvalue weighted by Crippen LogP contribution is -2.53. The van der Waals surface area contributed by atoms with Crippen molar-refractivity contribution in [1.82, 2.24) is 4.90 Å². The number of ether oxygens (including phenoxy) is 1. The maximum atomic E-state index is 12.9. The summed E-state index contributed by atoms with van der Waals surface area (Å²) >= 11 is 0. The number of nitrogens with two attached hydrogens (primary N) is 1. The van der Waals surface area contributed by atoms with Crippen molar-refractivity contribution in [2.75, 3.05) is 20.2 Å².